The number of rotatable bonds is 14. The van der Waals surface area contributed by atoms with E-state index in [1.165, 1.54) is 17.0 Å². The lowest BCUT2D eigenvalue weighted by molar-refractivity contribution is -0.124. The van der Waals surface area contributed by atoms with Crippen LogP contribution in [-0.4, -0.2) is 72.3 Å². The number of hydrogen-bond donors (Lipinski definition) is 4. The number of hydrogen-bond acceptors (Lipinski definition) is 5. The Morgan fingerprint density at radius 1 is 0.929 bits per heavy atom. The first-order chi connectivity index (χ1) is 20.5. The van der Waals surface area contributed by atoms with E-state index in [1.54, 1.807) is 23.6 Å². The number of aromatic nitrogens is 1. The summed E-state index contributed by atoms with van der Waals surface area (Å²) in [6.07, 6.45) is 6.56. The molecule has 0 spiro atoms. The number of benzene rings is 3. The predicted octanol–water partition coefficient (Wildman–Crippen LogP) is 4.62. The number of carbonyl (C=O) groups excluding carboxylic acids is 2. The quantitative estimate of drug-likeness (QED) is 0.101. The standard InChI is InChI=1S/C33H39N5O4/c1-37(33(40)34-19-17-27-7-3-6-10-31(27)42-2)21-22-38(20-18-28-23-35-30-9-5-4-8-29(28)30)24-26-13-11-25(12-14-26)15-16-32(39)36-41/h3-16,23,35,41H,17-22,24H2,1-2H3,(H,34,40)(H,36,39)/b16-15+. The molecule has 0 fully saturated rings. The Bertz CT molecular complexity index is 1480. The van der Waals surface area contributed by atoms with Gasteiger partial charge in [-0.05, 0) is 53.3 Å². The molecule has 0 bridgehead atoms. The Labute approximate surface area is 246 Å². The van der Waals surface area contributed by atoms with Gasteiger partial charge in [-0.2, -0.15) is 0 Å². The summed E-state index contributed by atoms with van der Waals surface area (Å²) in [5.74, 6) is 0.251. The van der Waals surface area contributed by atoms with Crippen molar-refractivity contribution in [3.8, 4) is 5.75 Å². The van der Waals surface area contributed by atoms with Gasteiger partial charge in [-0.3, -0.25) is 14.9 Å². The zero-order valence-electron chi connectivity index (χ0n) is 24.2. The van der Waals surface area contributed by atoms with Crippen molar-refractivity contribution in [2.75, 3.05) is 40.3 Å². The molecule has 4 rings (SSSR count). The van der Waals surface area contributed by atoms with Gasteiger partial charge in [0.15, 0.2) is 0 Å². The Balaban J connectivity index is 1.35. The fourth-order valence-electron chi connectivity index (χ4n) is 4.83. The van der Waals surface area contributed by atoms with Crippen LogP contribution in [0.4, 0.5) is 4.79 Å². The highest BCUT2D eigenvalue weighted by Crippen LogP contribution is 2.19. The zero-order chi connectivity index (χ0) is 29.7. The van der Waals surface area contributed by atoms with Crippen molar-refractivity contribution >= 4 is 28.9 Å². The molecule has 3 amide bonds. The van der Waals surface area contributed by atoms with Crippen LogP contribution in [0, 0.1) is 0 Å². The van der Waals surface area contributed by atoms with Crippen LogP contribution < -0.4 is 15.5 Å². The topological polar surface area (TPSA) is 110 Å². The van der Waals surface area contributed by atoms with E-state index in [2.05, 4.69) is 39.6 Å². The van der Waals surface area contributed by atoms with Crippen LogP contribution in [0.5, 0.6) is 5.75 Å². The van der Waals surface area contributed by atoms with Crippen molar-refractivity contribution in [1.29, 1.82) is 0 Å². The van der Waals surface area contributed by atoms with Crippen LogP contribution in [-0.2, 0) is 24.2 Å². The lowest BCUT2D eigenvalue weighted by Crippen LogP contribution is -2.42. The first-order valence-corrected chi connectivity index (χ1v) is 14.1. The van der Waals surface area contributed by atoms with Crippen molar-refractivity contribution in [2.45, 2.75) is 19.4 Å². The summed E-state index contributed by atoms with van der Waals surface area (Å²) in [5, 5.41) is 12.9. The summed E-state index contributed by atoms with van der Waals surface area (Å²) in [5.41, 5.74) is 7.03. The van der Waals surface area contributed by atoms with Crippen LogP contribution in [0.15, 0.2) is 85.1 Å². The molecule has 9 nitrogen and oxygen atoms in total. The maximum Gasteiger partial charge on any atom is 0.317 e. The molecule has 0 aliphatic heterocycles. The first-order valence-electron chi connectivity index (χ1n) is 14.1. The third-order valence-electron chi connectivity index (χ3n) is 7.26. The second-order valence-electron chi connectivity index (χ2n) is 10.2. The van der Waals surface area contributed by atoms with Gasteiger partial charge in [-0.1, -0.05) is 60.7 Å². The van der Waals surface area contributed by atoms with Gasteiger partial charge in [0.05, 0.1) is 7.11 Å². The highest BCUT2D eigenvalue weighted by molar-refractivity contribution is 5.90. The van der Waals surface area contributed by atoms with Gasteiger partial charge in [0.25, 0.3) is 5.91 Å². The van der Waals surface area contributed by atoms with E-state index in [1.807, 2.05) is 61.6 Å². The Kier molecular flexibility index (Phi) is 11.1. The van der Waals surface area contributed by atoms with Crippen LogP contribution in [0.3, 0.4) is 0 Å². The molecule has 0 saturated heterocycles. The van der Waals surface area contributed by atoms with E-state index in [0.29, 0.717) is 32.6 Å². The molecule has 0 aliphatic carbocycles. The van der Waals surface area contributed by atoms with E-state index < -0.39 is 5.91 Å². The number of aromatic amines is 1. The highest BCUT2D eigenvalue weighted by Gasteiger charge is 2.14. The van der Waals surface area contributed by atoms with E-state index in [9.17, 15) is 9.59 Å². The molecule has 42 heavy (non-hydrogen) atoms. The van der Waals surface area contributed by atoms with Gasteiger partial charge < -0.3 is 19.9 Å². The average molecular weight is 570 g/mol. The van der Waals surface area contributed by atoms with Gasteiger partial charge in [0.2, 0.25) is 0 Å². The minimum atomic E-state index is -0.574. The number of amides is 3. The smallest absolute Gasteiger partial charge is 0.317 e. The van der Waals surface area contributed by atoms with E-state index >= 15 is 0 Å². The second kappa shape index (κ2) is 15.4. The van der Waals surface area contributed by atoms with Gasteiger partial charge in [0, 0.05) is 62.9 Å². The maximum atomic E-state index is 12.8. The van der Waals surface area contributed by atoms with Crippen molar-refractivity contribution in [2.24, 2.45) is 0 Å². The number of carbonyl (C=O) groups is 2. The number of hydroxylamine groups is 1. The molecule has 4 N–H and O–H groups in total. The number of nitrogens with one attached hydrogen (secondary N) is 3. The summed E-state index contributed by atoms with van der Waals surface area (Å²) in [6.45, 7) is 3.34. The lowest BCUT2D eigenvalue weighted by atomic mass is 10.1. The van der Waals surface area contributed by atoms with Gasteiger partial charge in [-0.25, -0.2) is 10.3 Å². The number of para-hydroxylation sites is 2. The van der Waals surface area contributed by atoms with Crippen molar-refractivity contribution in [3.63, 3.8) is 0 Å². The Morgan fingerprint density at radius 3 is 2.48 bits per heavy atom. The highest BCUT2D eigenvalue weighted by atomic mass is 16.5. The fourth-order valence-corrected chi connectivity index (χ4v) is 4.83. The Morgan fingerprint density at radius 2 is 1.69 bits per heavy atom. The van der Waals surface area contributed by atoms with Crippen LogP contribution in [0.1, 0.15) is 22.3 Å². The third kappa shape index (κ3) is 8.70. The van der Waals surface area contributed by atoms with E-state index in [0.717, 1.165) is 40.9 Å². The second-order valence-corrected chi connectivity index (χ2v) is 10.2. The SMILES string of the molecule is COc1ccccc1CCNC(=O)N(C)CCN(CCc1c[nH]c2ccccc12)Cc1ccc(/C=C/C(=O)NO)cc1. The maximum absolute atomic E-state index is 12.8. The number of fused-ring (bicyclic) bond motifs is 1. The normalized spacial score (nSPS) is 11.2. The molecule has 0 radical (unpaired) electrons. The van der Waals surface area contributed by atoms with Crippen LogP contribution in [0.2, 0.25) is 0 Å². The molecular weight excluding hydrogens is 530 g/mol. The molecule has 9 heteroatoms. The molecule has 220 valence electrons. The van der Waals surface area contributed by atoms with Crippen molar-refractivity contribution in [3.05, 3.63) is 107 Å². The number of urea groups is 1. The fraction of sp³-hybridized carbons (Fsp3) is 0.273. The molecule has 0 saturated carbocycles. The summed E-state index contributed by atoms with van der Waals surface area (Å²) < 4.78 is 5.41. The number of methoxy groups -OCH3 is 1. The predicted molar refractivity (Wildman–Crippen MR) is 165 cm³/mol. The van der Waals surface area contributed by atoms with Crippen LogP contribution >= 0.6 is 0 Å². The third-order valence-corrected chi connectivity index (χ3v) is 7.26. The van der Waals surface area contributed by atoms with E-state index in [4.69, 9.17) is 9.94 Å². The minimum Gasteiger partial charge on any atom is -0.496 e. The molecular formula is C33H39N5O4. The summed E-state index contributed by atoms with van der Waals surface area (Å²) in [6, 6.07) is 24.0. The minimum absolute atomic E-state index is 0.107. The Hall–Kier alpha value is -4.60. The van der Waals surface area contributed by atoms with Gasteiger partial charge in [0.1, 0.15) is 5.75 Å². The molecule has 3 aromatic carbocycles. The molecule has 4 aromatic rings. The summed E-state index contributed by atoms with van der Waals surface area (Å²) >= 11 is 0. The molecule has 1 aromatic heterocycles. The molecule has 0 aliphatic rings. The van der Waals surface area contributed by atoms with Gasteiger partial charge in [-0.15, -0.1) is 0 Å². The van der Waals surface area contributed by atoms with Crippen molar-refractivity contribution in [1.82, 2.24) is 25.6 Å². The number of H-pyrrole nitrogens is 1. The number of nitrogens with zero attached hydrogens (tertiary/aromatic N) is 2. The average Bonchev–Trinajstić information content (AvgIpc) is 3.44. The zero-order valence-corrected chi connectivity index (χ0v) is 24.2. The molecule has 1 heterocycles. The summed E-state index contributed by atoms with van der Waals surface area (Å²) in [7, 11) is 3.47. The van der Waals surface area contributed by atoms with Crippen molar-refractivity contribution < 1.29 is 19.5 Å². The monoisotopic (exact) mass is 569 g/mol. The number of ether oxygens (including phenoxy) is 1. The van der Waals surface area contributed by atoms with Crippen LogP contribution in [0.25, 0.3) is 17.0 Å². The molecule has 0 unspecified atom stereocenters. The van der Waals surface area contributed by atoms with E-state index in [-0.39, 0.29) is 6.03 Å². The number of likely N-dealkylation sites (N-methyl/N-ethyl adjacent to an activating group) is 1. The summed E-state index contributed by atoms with van der Waals surface area (Å²) in [4.78, 5) is 31.5. The van der Waals surface area contributed by atoms with Gasteiger partial charge >= 0.3 is 6.03 Å². The first kappa shape index (κ1) is 30.4. The largest absolute Gasteiger partial charge is 0.496 e. The molecule has 0 atom stereocenters. The lowest BCUT2D eigenvalue weighted by Gasteiger charge is -2.26.